The van der Waals surface area contributed by atoms with Crippen LogP contribution in [0.1, 0.15) is 36.0 Å². The van der Waals surface area contributed by atoms with Crippen LogP contribution in [0.2, 0.25) is 0 Å². The quantitative estimate of drug-likeness (QED) is 0.545. The number of likely N-dealkylation sites (tertiary alicyclic amines) is 1. The molecule has 0 radical (unpaired) electrons. The van der Waals surface area contributed by atoms with Crippen LogP contribution in [0.3, 0.4) is 0 Å². The summed E-state index contributed by atoms with van der Waals surface area (Å²) >= 11 is 0. The Balaban J connectivity index is 1.35. The number of benzene rings is 3. The molecule has 0 amide bonds. The molecule has 5 rings (SSSR count). The van der Waals surface area contributed by atoms with Crippen molar-refractivity contribution in [2.24, 2.45) is 0 Å². The maximum Gasteiger partial charge on any atom is 0.127 e. The number of hydrogen-bond acceptors (Lipinski definition) is 2. The van der Waals surface area contributed by atoms with Gasteiger partial charge in [0.15, 0.2) is 0 Å². The molecule has 2 nitrogen and oxygen atoms in total. The minimum Gasteiger partial charge on any atom is -0.488 e. The van der Waals surface area contributed by atoms with Gasteiger partial charge in [-0.3, -0.25) is 0 Å². The SMILES string of the molecule is c1ccc(COc2ccccc2-c2ccc3c(c2)CCC(N2CCCC2)C3)cc1. The Kier molecular flexibility index (Phi) is 5.36. The smallest absolute Gasteiger partial charge is 0.127 e. The Morgan fingerprint density at radius 1 is 0.828 bits per heavy atom. The molecule has 1 saturated heterocycles. The van der Waals surface area contributed by atoms with Gasteiger partial charge in [-0.2, -0.15) is 0 Å². The Morgan fingerprint density at radius 3 is 2.48 bits per heavy atom. The van der Waals surface area contributed by atoms with Gasteiger partial charge in [0.05, 0.1) is 0 Å². The van der Waals surface area contributed by atoms with E-state index >= 15 is 0 Å². The Morgan fingerprint density at radius 2 is 1.62 bits per heavy atom. The summed E-state index contributed by atoms with van der Waals surface area (Å²) in [4.78, 5) is 2.71. The number of ether oxygens (including phenoxy) is 1. The van der Waals surface area contributed by atoms with Crippen molar-refractivity contribution in [3.63, 3.8) is 0 Å². The Labute approximate surface area is 174 Å². The van der Waals surface area contributed by atoms with E-state index in [1.165, 1.54) is 67.4 Å². The molecule has 1 aliphatic heterocycles. The summed E-state index contributed by atoms with van der Waals surface area (Å²) in [6.07, 6.45) is 6.45. The molecule has 0 saturated carbocycles. The molecule has 1 fully saturated rings. The van der Waals surface area contributed by atoms with E-state index in [4.69, 9.17) is 4.74 Å². The average Bonchev–Trinajstić information content (AvgIpc) is 3.33. The van der Waals surface area contributed by atoms with Crippen LogP contribution in [-0.2, 0) is 19.4 Å². The summed E-state index contributed by atoms with van der Waals surface area (Å²) in [5, 5.41) is 0. The molecule has 2 heteroatoms. The van der Waals surface area contributed by atoms with E-state index < -0.39 is 0 Å². The highest BCUT2D eigenvalue weighted by Gasteiger charge is 2.26. The fraction of sp³-hybridized carbons (Fsp3) is 0.333. The van der Waals surface area contributed by atoms with Gasteiger partial charge in [-0.1, -0.05) is 66.7 Å². The van der Waals surface area contributed by atoms with Gasteiger partial charge in [-0.15, -0.1) is 0 Å². The van der Waals surface area contributed by atoms with E-state index in [0.29, 0.717) is 6.61 Å². The third-order valence-electron chi connectivity index (χ3n) is 6.50. The average molecular weight is 384 g/mol. The van der Waals surface area contributed by atoms with Crippen molar-refractivity contribution in [1.82, 2.24) is 4.90 Å². The molecule has 1 heterocycles. The van der Waals surface area contributed by atoms with Crippen molar-refractivity contribution in [1.29, 1.82) is 0 Å². The number of para-hydroxylation sites is 1. The van der Waals surface area contributed by atoms with Crippen LogP contribution in [-0.4, -0.2) is 24.0 Å². The number of hydrogen-bond donors (Lipinski definition) is 0. The molecule has 3 aromatic rings. The standard InChI is InChI=1S/C27H29NO/c1-2-8-21(9-3-1)20-29-27-11-5-4-10-26(27)24-13-12-23-19-25(15-14-22(23)18-24)28-16-6-7-17-28/h1-5,8-13,18,25H,6-7,14-17,19-20H2. The van der Waals surface area contributed by atoms with Crippen LogP contribution < -0.4 is 4.74 Å². The summed E-state index contributed by atoms with van der Waals surface area (Å²) in [6.45, 7) is 3.19. The van der Waals surface area contributed by atoms with Crippen LogP contribution in [0.4, 0.5) is 0 Å². The summed E-state index contributed by atoms with van der Waals surface area (Å²) in [6, 6.07) is 26.6. The normalized spacial score (nSPS) is 19.1. The first-order valence-electron chi connectivity index (χ1n) is 11.0. The molecule has 0 N–H and O–H groups in total. The van der Waals surface area contributed by atoms with E-state index in [1.54, 1.807) is 5.56 Å². The van der Waals surface area contributed by atoms with E-state index in [1.807, 2.05) is 6.07 Å². The maximum absolute atomic E-state index is 6.20. The summed E-state index contributed by atoms with van der Waals surface area (Å²) in [5.74, 6) is 0.960. The monoisotopic (exact) mass is 383 g/mol. The second-order valence-electron chi connectivity index (χ2n) is 8.39. The molecule has 1 unspecified atom stereocenters. The minimum absolute atomic E-state index is 0.598. The van der Waals surface area contributed by atoms with Gasteiger partial charge in [0.2, 0.25) is 0 Å². The predicted octanol–water partition coefficient (Wildman–Crippen LogP) is 5.89. The summed E-state index contributed by atoms with van der Waals surface area (Å²) in [7, 11) is 0. The van der Waals surface area contributed by atoms with Crippen molar-refractivity contribution in [3.05, 3.63) is 89.5 Å². The first-order chi connectivity index (χ1) is 14.4. The van der Waals surface area contributed by atoms with Crippen molar-refractivity contribution in [2.75, 3.05) is 13.1 Å². The molecule has 1 aliphatic carbocycles. The van der Waals surface area contributed by atoms with E-state index in [9.17, 15) is 0 Å². The first kappa shape index (κ1) is 18.4. The topological polar surface area (TPSA) is 12.5 Å². The van der Waals surface area contributed by atoms with Gasteiger partial charge in [-0.05, 0) is 73.5 Å². The molecular formula is C27H29NO. The lowest BCUT2D eigenvalue weighted by atomic mass is 9.85. The van der Waals surface area contributed by atoms with Crippen molar-refractivity contribution >= 4 is 0 Å². The third-order valence-corrected chi connectivity index (χ3v) is 6.50. The van der Waals surface area contributed by atoms with Gasteiger partial charge in [0.25, 0.3) is 0 Å². The van der Waals surface area contributed by atoms with Crippen LogP contribution >= 0.6 is 0 Å². The zero-order valence-corrected chi connectivity index (χ0v) is 17.0. The lowest BCUT2D eigenvalue weighted by molar-refractivity contribution is 0.222. The second kappa shape index (κ2) is 8.42. The highest BCUT2D eigenvalue weighted by molar-refractivity contribution is 5.71. The largest absolute Gasteiger partial charge is 0.488 e. The fourth-order valence-electron chi connectivity index (χ4n) is 4.89. The van der Waals surface area contributed by atoms with Crippen molar-refractivity contribution in [2.45, 2.75) is 44.8 Å². The third kappa shape index (κ3) is 4.09. The van der Waals surface area contributed by atoms with Gasteiger partial charge in [-0.25, -0.2) is 0 Å². The van der Waals surface area contributed by atoms with Gasteiger partial charge < -0.3 is 9.64 Å². The number of fused-ring (bicyclic) bond motifs is 1. The van der Waals surface area contributed by atoms with Gasteiger partial charge in [0, 0.05) is 11.6 Å². The molecule has 148 valence electrons. The maximum atomic E-state index is 6.20. The van der Waals surface area contributed by atoms with Crippen LogP contribution in [0, 0.1) is 0 Å². The lowest BCUT2D eigenvalue weighted by Crippen LogP contribution is -2.37. The predicted molar refractivity (Wildman–Crippen MR) is 119 cm³/mol. The molecule has 3 aromatic carbocycles. The Hall–Kier alpha value is -2.58. The van der Waals surface area contributed by atoms with Crippen LogP contribution in [0.15, 0.2) is 72.8 Å². The molecule has 29 heavy (non-hydrogen) atoms. The van der Waals surface area contributed by atoms with E-state index in [-0.39, 0.29) is 0 Å². The summed E-state index contributed by atoms with van der Waals surface area (Å²) in [5.41, 5.74) is 6.72. The Bertz CT molecular complexity index is 959. The highest BCUT2D eigenvalue weighted by atomic mass is 16.5. The number of nitrogens with zero attached hydrogens (tertiary/aromatic N) is 1. The number of rotatable bonds is 5. The lowest BCUT2D eigenvalue weighted by Gasteiger charge is -2.32. The van der Waals surface area contributed by atoms with Crippen LogP contribution in [0.5, 0.6) is 5.75 Å². The fourth-order valence-corrected chi connectivity index (χ4v) is 4.89. The zero-order chi connectivity index (χ0) is 19.5. The van der Waals surface area contributed by atoms with Crippen molar-refractivity contribution in [3.8, 4) is 16.9 Å². The highest BCUT2D eigenvalue weighted by Crippen LogP contribution is 2.34. The molecule has 0 spiro atoms. The number of aryl methyl sites for hydroxylation is 1. The minimum atomic E-state index is 0.598. The zero-order valence-electron chi connectivity index (χ0n) is 17.0. The van der Waals surface area contributed by atoms with Crippen molar-refractivity contribution < 1.29 is 4.74 Å². The molecule has 2 aliphatic rings. The summed E-state index contributed by atoms with van der Waals surface area (Å²) < 4.78 is 6.20. The molecule has 0 bridgehead atoms. The van der Waals surface area contributed by atoms with E-state index in [0.717, 1.165) is 11.8 Å². The van der Waals surface area contributed by atoms with Gasteiger partial charge in [0.1, 0.15) is 12.4 Å². The van der Waals surface area contributed by atoms with E-state index in [2.05, 4.69) is 71.6 Å². The first-order valence-corrected chi connectivity index (χ1v) is 11.0. The van der Waals surface area contributed by atoms with Crippen LogP contribution in [0.25, 0.3) is 11.1 Å². The molecule has 0 aromatic heterocycles. The van der Waals surface area contributed by atoms with Gasteiger partial charge >= 0.3 is 0 Å². The molecular weight excluding hydrogens is 354 g/mol. The second-order valence-corrected chi connectivity index (χ2v) is 8.39. The molecule has 1 atom stereocenters.